The quantitative estimate of drug-likeness (QED) is 0.256. The smallest absolute Gasteiger partial charge is 0.338 e. The Morgan fingerprint density at radius 3 is 2.00 bits per heavy atom. The number of benzene rings is 3. The van der Waals surface area contributed by atoms with E-state index in [0.29, 0.717) is 12.2 Å². The fourth-order valence-corrected chi connectivity index (χ4v) is 3.08. The van der Waals surface area contributed by atoms with E-state index in [4.69, 9.17) is 9.47 Å². The Morgan fingerprint density at radius 1 is 0.875 bits per heavy atom. The zero-order chi connectivity index (χ0) is 22.9. The molecular weight excluding hydrogens is 396 g/mol. The molecule has 162 valence electrons. The number of ether oxygens (including phenoxy) is 2. The molecule has 3 rings (SSSR count). The number of rotatable bonds is 6. The van der Waals surface area contributed by atoms with Crippen LogP contribution >= 0.6 is 0 Å². The summed E-state index contributed by atoms with van der Waals surface area (Å²) in [7, 11) is 0. The molecule has 0 aliphatic rings. The highest BCUT2D eigenvalue weighted by Gasteiger charge is 2.05. The minimum absolute atomic E-state index is 0.167. The molecule has 0 heterocycles. The monoisotopic (exact) mass is 424 g/mol. The molecule has 0 amide bonds. The minimum atomic E-state index is -0.314. The molecule has 3 aromatic rings. The van der Waals surface area contributed by atoms with Crippen LogP contribution in [-0.2, 0) is 4.74 Å². The highest BCUT2D eigenvalue weighted by Crippen LogP contribution is 2.21. The lowest BCUT2D eigenvalue weighted by Crippen LogP contribution is -2.06. The molecule has 0 N–H and O–H groups in total. The summed E-state index contributed by atoms with van der Waals surface area (Å²) in [5.41, 5.74) is 5.68. The molecule has 32 heavy (non-hydrogen) atoms. The van der Waals surface area contributed by atoms with Gasteiger partial charge in [0, 0.05) is 11.1 Å². The lowest BCUT2D eigenvalue weighted by Gasteiger charge is -2.12. The first-order valence-electron chi connectivity index (χ1n) is 10.8. The summed E-state index contributed by atoms with van der Waals surface area (Å²) in [6.07, 6.45) is 4.35. The lowest BCUT2D eigenvalue weighted by molar-refractivity contribution is 0.0526. The van der Waals surface area contributed by atoms with Crippen molar-refractivity contribution in [2.75, 3.05) is 6.61 Å². The van der Waals surface area contributed by atoms with Gasteiger partial charge in [0.05, 0.1) is 18.3 Å². The van der Waals surface area contributed by atoms with Gasteiger partial charge in [-0.1, -0.05) is 42.2 Å². The van der Waals surface area contributed by atoms with Crippen LogP contribution in [0.4, 0.5) is 0 Å². The molecule has 0 saturated heterocycles. The van der Waals surface area contributed by atoms with Gasteiger partial charge in [0.25, 0.3) is 0 Å². The molecule has 0 fully saturated rings. The topological polar surface area (TPSA) is 35.5 Å². The highest BCUT2D eigenvalue weighted by atomic mass is 16.5. The SMILES string of the molecule is CCOC(=O)c1ccc(C#Cc2ccc(/C=C/c3ccc(OC(C)C)c(C)c3)cc2)cc1. The van der Waals surface area contributed by atoms with Crippen molar-refractivity contribution in [2.45, 2.75) is 33.8 Å². The van der Waals surface area contributed by atoms with Gasteiger partial charge in [0.2, 0.25) is 0 Å². The van der Waals surface area contributed by atoms with Crippen molar-refractivity contribution >= 4 is 18.1 Å². The molecule has 0 radical (unpaired) electrons. The summed E-state index contributed by atoms with van der Waals surface area (Å²) >= 11 is 0. The number of carbonyl (C=O) groups excluding carboxylic acids is 1. The van der Waals surface area contributed by atoms with E-state index in [-0.39, 0.29) is 12.1 Å². The van der Waals surface area contributed by atoms with E-state index in [0.717, 1.165) is 33.6 Å². The first kappa shape index (κ1) is 22.9. The van der Waals surface area contributed by atoms with Crippen LogP contribution < -0.4 is 4.74 Å². The number of aryl methyl sites for hydroxylation is 1. The number of esters is 1. The van der Waals surface area contributed by atoms with E-state index in [9.17, 15) is 4.79 Å². The van der Waals surface area contributed by atoms with Crippen LogP contribution in [0.1, 0.15) is 58.9 Å². The Hall–Kier alpha value is -3.77. The summed E-state index contributed by atoms with van der Waals surface area (Å²) in [6, 6.07) is 21.4. The zero-order valence-corrected chi connectivity index (χ0v) is 19.0. The number of hydrogen-bond acceptors (Lipinski definition) is 3. The summed E-state index contributed by atoms with van der Waals surface area (Å²) in [4.78, 5) is 11.7. The van der Waals surface area contributed by atoms with Crippen molar-refractivity contribution in [1.29, 1.82) is 0 Å². The second-order valence-electron chi connectivity index (χ2n) is 7.69. The molecule has 0 aliphatic carbocycles. The fourth-order valence-electron chi connectivity index (χ4n) is 3.08. The Bertz CT molecular complexity index is 1140. The Morgan fingerprint density at radius 2 is 1.44 bits per heavy atom. The molecule has 0 aromatic heterocycles. The van der Waals surface area contributed by atoms with E-state index in [1.807, 2.05) is 56.3 Å². The molecule has 3 aromatic carbocycles. The van der Waals surface area contributed by atoms with Gasteiger partial charge in [-0.05, 0) is 92.9 Å². The van der Waals surface area contributed by atoms with Crippen LogP contribution in [0.3, 0.4) is 0 Å². The van der Waals surface area contributed by atoms with Crippen molar-refractivity contribution in [3.8, 4) is 17.6 Å². The predicted octanol–water partition coefficient (Wildman–Crippen LogP) is 6.53. The molecule has 0 bridgehead atoms. The Labute approximate surface area is 190 Å². The van der Waals surface area contributed by atoms with E-state index < -0.39 is 0 Å². The van der Waals surface area contributed by atoms with Crippen molar-refractivity contribution in [3.05, 3.63) is 100 Å². The normalized spacial score (nSPS) is 10.7. The number of carbonyl (C=O) groups is 1. The molecule has 3 nitrogen and oxygen atoms in total. The van der Waals surface area contributed by atoms with Crippen LogP contribution in [-0.4, -0.2) is 18.7 Å². The van der Waals surface area contributed by atoms with Crippen LogP contribution in [0.2, 0.25) is 0 Å². The van der Waals surface area contributed by atoms with Gasteiger partial charge in [0.15, 0.2) is 0 Å². The van der Waals surface area contributed by atoms with Gasteiger partial charge in [-0.15, -0.1) is 0 Å². The van der Waals surface area contributed by atoms with Crippen molar-refractivity contribution in [1.82, 2.24) is 0 Å². The molecule has 0 atom stereocenters. The summed E-state index contributed by atoms with van der Waals surface area (Å²) in [5.74, 6) is 6.90. The molecule has 0 unspecified atom stereocenters. The van der Waals surface area contributed by atoms with E-state index in [1.165, 1.54) is 0 Å². The van der Waals surface area contributed by atoms with Crippen molar-refractivity contribution in [2.24, 2.45) is 0 Å². The van der Waals surface area contributed by atoms with E-state index in [2.05, 4.69) is 43.0 Å². The summed E-state index contributed by atoms with van der Waals surface area (Å²) in [6.45, 7) is 8.28. The maximum atomic E-state index is 11.7. The maximum Gasteiger partial charge on any atom is 0.338 e. The third-order valence-corrected chi connectivity index (χ3v) is 4.69. The standard InChI is InChI=1S/C29H28O3/c1-5-31-29(30)27-17-14-25(15-18-27)11-10-23-6-8-24(9-7-23)12-13-26-16-19-28(22(4)20-26)32-21(2)3/h6-9,12-21H,5H2,1-4H3/b13-12+. The molecule has 3 heteroatoms. The van der Waals surface area contributed by atoms with Gasteiger partial charge < -0.3 is 9.47 Å². The molecular formula is C29H28O3. The zero-order valence-electron chi connectivity index (χ0n) is 19.0. The third kappa shape index (κ3) is 6.62. The molecule has 0 saturated carbocycles. The summed E-state index contributed by atoms with van der Waals surface area (Å²) in [5, 5.41) is 0. The maximum absolute atomic E-state index is 11.7. The van der Waals surface area contributed by atoms with Gasteiger partial charge in [0.1, 0.15) is 5.75 Å². The predicted molar refractivity (Wildman–Crippen MR) is 131 cm³/mol. The van der Waals surface area contributed by atoms with E-state index in [1.54, 1.807) is 19.1 Å². The van der Waals surface area contributed by atoms with Crippen LogP contribution in [0.15, 0.2) is 66.7 Å². The lowest BCUT2D eigenvalue weighted by atomic mass is 10.1. The van der Waals surface area contributed by atoms with Gasteiger partial charge in [-0.3, -0.25) is 0 Å². The van der Waals surface area contributed by atoms with Gasteiger partial charge in [-0.25, -0.2) is 4.79 Å². The average molecular weight is 425 g/mol. The fraction of sp³-hybridized carbons (Fsp3) is 0.207. The van der Waals surface area contributed by atoms with Crippen LogP contribution in [0.25, 0.3) is 12.2 Å². The molecule has 0 aliphatic heterocycles. The first-order valence-corrected chi connectivity index (χ1v) is 10.8. The molecule has 0 spiro atoms. The largest absolute Gasteiger partial charge is 0.491 e. The minimum Gasteiger partial charge on any atom is -0.491 e. The van der Waals surface area contributed by atoms with Crippen molar-refractivity contribution in [3.63, 3.8) is 0 Å². The Balaban J connectivity index is 1.63. The van der Waals surface area contributed by atoms with Crippen LogP contribution in [0, 0.1) is 18.8 Å². The van der Waals surface area contributed by atoms with Crippen molar-refractivity contribution < 1.29 is 14.3 Å². The van der Waals surface area contributed by atoms with E-state index >= 15 is 0 Å². The third-order valence-electron chi connectivity index (χ3n) is 4.69. The van der Waals surface area contributed by atoms with Gasteiger partial charge >= 0.3 is 5.97 Å². The van der Waals surface area contributed by atoms with Gasteiger partial charge in [-0.2, -0.15) is 0 Å². The number of hydrogen-bond donors (Lipinski definition) is 0. The second-order valence-corrected chi connectivity index (χ2v) is 7.69. The highest BCUT2D eigenvalue weighted by molar-refractivity contribution is 5.89. The average Bonchev–Trinajstić information content (AvgIpc) is 2.79. The van der Waals surface area contributed by atoms with Crippen LogP contribution in [0.5, 0.6) is 5.75 Å². The summed E-state index contributed by atoms with van der Waals surface area (Å²) < 4.78 is 10.8. The second kappa shape index (κ2) is 11.0. The Kier molecular flexibility index (Phi) is 7.89. The first-order chi connectivity index (χ1) is 15.4.